The molecule has 0 bridgehead atoms. The predicted molar refractivity (Wildman–Crippen MR) is 102 cm³/mol. The van der Waals surface area contributed by atoms with E-state index in [0.29, 0.717) is 29.8 Å². The largest absolute Gasteiger partial charge is 0.478 e. The van der Waals surface area contributed by atoms with Gasteiger partial charge in [-0.15, -0.1) is 0 Å². The molecule has 138 valence electrons. The maximum Gasteiger partial charge on any atom is 0.231 e. The Bertz CT molecular complexity index is 901. The molecule has 5 rings (SSSR count). The fraction of sp³-hybridized carbons (Fsp3) is 0.364. The van der Waals surface area contributed by atoms with Gasteiger partial charge in [0.15, 0.2) is 5.76 Å². The van der Waals surface area contributed by atoms with E-state index >= 15 is 0 Å². The van der Waals surface area contributed by atoms with Crippen LogP contribution in [0, 0.1) is 0 Å². The summed E-state index contributed by atoms with van der Waals surface area (Å²) >= 11 is 0. The minimum Gasteiger partial charge on any atom is -0.478 e. The molecule has 1 aromatic carbocycles. The number of carbonyl (C=O) groups is 1. The molecule has 1 aliphatic carbocycles. The Kier molecular flexibility index (Phi) is 4.17. The van der Waals surface area contributed by atoms with Crippen LogP contribution in [-0.2, 0) is 6.54 Å². The molecule has 0 saturated heterocycles. The van der Waals surface area contributed by atoms with E-state index in [-0.39, 0.29) is 5.78 Å². The van der Waals surface area contributed by atoms with Crippen LogP contribution in [0.3, 0.4) is 0 Å². The molecule has 0 unspecified atom stereocenters. The number of ketones is 1. The van der Waals surface area contributed by atoms with Gasteiger partial charge in [0.2, 0.25) is 5.78 Å². The zero-order valence-electron chi connectivity index (χ0n) is 15.2. The second kappa shape index (κ2) is 6.82. The second-order valence-corrected chi connectivity index (χ2v) is 7.45. The van der Waals surface area contributed by atoms with Gasteiger partial charge in [-0.05, 0) is 48.7 Å². The van der Waals surface area contributed by atoms with Crippen molar-refractivity contribution in [3.05, 3.63) is 59.1 Å². The molecular weight excluding hydrogens is 340 g/mol. The number of allylic oxidation sites excluding steroid dienone is 1. The van der Waals surface area contributed by atoms with Gasteiger partial charge in [0.05, 0.1) is 11.1 Å². The smallest absolute Gasteiger partial charge is 0.231 e. The molecule has 3 aliphatic rings. The predicted octanol–water partition coefficient (Wildman–Crippen LogP) is 4.18. The minimum absolute atomic E-state index is 0.0700. The number of nitrogens with zero attached hydrogens (tertiary/aromatic N) is 2. The maximum atomic E-state index is 12.8. The van der Waals surface area contributed by atoms with Crippen LogP contribution < -0.4 is 9.47 Å². The summed E-state index contributed by atoms with van der Waals surface area (Å²) in [5.74, 6) is 1.79. The van der Waals surface area contributed by atoms with E-state index in [1.165, 1.54) is 32.1 Å². The number of benzene rings is 1. The molecule has 1 saturated carbocycles. The van der Waals surface area contributed by atoms with Crippen LogP contribution in [0.2, 0.25) is 0 Å². The standard InChI is InChI=1S/C22H22N2O3/c25-21-17-6-7-19-18(13-24(14-26-19)16-4-2-1-3-5-16)22(17)27-20(21)12-15-8-10-23-11-9-15/h6-12,16H,1-5,13-14H2. The minimum atomic E-state index is -0.0700. The first kappa shape index (κ1) is 16.5. The van der Waals surface area contributed by atoms with Crippen LogP contribution in [0.15, 0.2) is 42.4 Å². The van der Waals surface area contributed by atoms with Crippen molar-refractivity contribution < 1.29 is 14.3 Å². The first-order valence-corrected chi connectivity index (χ1v) is 9.66. The number of hydrogen-bond donors (Lipinski definition) is 0. The second-order valence-electron chi connectivity index (χ2n) is 7.45. The number of fused-ring (bicyclic) bond motifs is 3. The van der Waals surface area contributed by atoms with E-state index < -0.39 is 0 Å². The van der Waals surface area contributed by atoms with Crippen molar-refractivity contribution >= 4 is 11.9 Å². The topological polar surface area (TPSA) is 51.7 Å². The van der Waals surface area contributed by atoms with E-state index in [1.54, 1.807) is 18.5 Å². The van der Waals surface area contributed by atoms with Crippen molar-refractivity contribution in [3.63, 3.8) is 0 Å². The molecule has 0 radical (unpaired) electrons. The summed E-state index contributed by atoms with van der Waals surface area (Å²) in [6.45, 7) is 1.39. The number of pyridine rings is 1. The molecule has 2 aromatic rings. The number of rotatable bonds is 2. The van der Waals surface area contributed by atoms with E-state index in [2.05, 4.69) is 9.88 Å². The fourth-order valence-corrected chi connectivity index (χ4v) is 4.27. The molecule has 0 atom stereocenters. The van der Waals surface area contributed by atoms with Crippen LogP contribution in [0.4, 0.5) is 0 Å². The molecule has 1 fully saturated rings. The molecule has 0 N–H and O–H groups in total. The van der Waals surface area contributed by atoms with Crippen molar-refractivity contribution in [1.29, 1.82) is 0 Å². The summed E-state index contributed by atoms with van der Waals surface area (Å²) < 4.78 is 12.1. The van der Waals surface area contributed by atoms with Crippen LogP contribution in [0.25, 0.3) is 6.08 Å². The van der Waals surface area contributed by atoms with Gasteiger partial charge in [-0.25, -0.2) is 0 Å². The maximum absolute atomic E-state index is 12.8. The lowest BCUT2D eigenvalue weighted by atomic mass is 9.93. The van der Waals surface area contributed by atoms with Gasteiger partial charge in [0.1, 0.15) is 18.2 Å². The summed E-state index contributed by atoms with van der Waals surface area (Å²) in [5.41, 5.74) is 2.52. The van der Waals surface area contributed by atoms with Crippen LogP contribution >= 0.6 is 0 Å². The Morgan fingerprint density at radius 3 is 2.70 bits per heavy atom. The number of aromatic nitrogens is 1. The third kappa shape index (κ3) is 3.02. The number of ether oxygens (including phenoxy) is 2. The average molecular weight is 362 g/mol. The summed E-state index contributed by atoms with van der Waals surface area (Å²) in [4.78, 5) is 19.2. The van der Waals surface area contributed by atoms with Gasteiger partial charge in [-0.1, -0.05) is 19.3 Å². The lowest BCUT2D eigenvalue weighted by molar-refractivity contribution is 0.0394. The third-order valence-corrected chi connectivity index (χ3v) is 5.74. The van der Waals surface area contributed by atoms with Crippen molar-refractivity contribution in [2.45, 2.75) is 44.7 Å². The highest BCUT2D eigenvalue weighted by molar-refractivity contribution is 6.15. The average Bonchev–Trinajstić information content (AvgIpc) is 3.05. The Balaban J connectivity index is 1.45. The van der Waals surface area contributed by atoms with Crippen molar-refractivity contribution in [3.8, 4) is 11.5 Å². The Morgan fingerprint density at radius 2 is 1.89 bits per heavy atom. The highest BCUT2D eigenvalue weighted by Gasteiger charge is 2.35. The monoisotopic (exact) mass is 362 g/mol. The SMILES string of the molecule is O=C1C(=Cc2ccncc2)Oc2c1ccc1c2CN(C2CCCCC2)CO1. The summed E-state index contributed by atoms with van der Waals surface area (Å²) in [6, 6.07) is 8.00. The highest BCUT2D eigenvalue weighted by Crippen LogP contribution is 2.42. The van der Waals surface area contributed by atoms with E-state index in [1.807, 2.05) is 24.3 Å². The van der Waals surface area contributed by atoms with Gasteiger partial charge < -0.3 is 9.47 Å². The fourth-order valence-electron chi connectivity index (χ4n) is 4.27. The van der Waals surface area contributed by atoms with Gasteiger partial charge in [0, 0.05) is 25.0 Å². The Morgan fingerprint density at radius 1 is 1.07 bits per heavy atom. The lowest BCUT2D eigenvalue weighted by Crippen LogP contribution is -2.41. The third-order valence-electron chi connectivity index (χ3n) is 5.74. The number of hydrogen-bond acceptors (Lipinski definition) is 5. The van der Waals surface area contributed by atoms with E-state index in [0.717, 1.165) is 23.4 Å². The molecule has 0 spiro atoms. The molecule has 5 heteroatoms. The number of carbonyl (C=O) groups excluding carboxylic acids is 1. The van der Waals surface area contributed by atoms with Crippen LogP contribution in [-0.4, -0.2) is 28.4 Å². The van der Waals surface area contributed by atoms with Gasteiger partial charge >= 0.3 is 0 Å². The molecular formula is C22H22N2O3. The zero-order valence-corrected chi connectivity index (χ0v) is 15.2. The normalized spacial score (nSPS) is 21.5. The molecule has 2 aliphatic heterocycles. The van der Waals surface area contributed by atoms with Crippen molar-refractivity contribution in [1.82, 2.24) is 9.88 Å². The first-order chi connectivity index (χ1) is 13.3. The Labute approximate surface area is 158 Å². The summed E-state index contributed by atoms with van der Waals surface area (Å²) in [7, 11) is 0. The lowest BCUT2D eigenvalue weighted by Gasteiger charge is -2.37. The summed E-state index contributed by atoms with van der Waals surface area (Å²) in [6.07, 6.45) is 11.5. The van der Waals surface area contributed by atoms with Gasteiger partial charge in [-0.3, -0.25) is 14.7 Å². The summed E-state index contributed by atoms with van der Waals surface area (Å²) in [5, 5.41) is 0. The molecule has 3 heterocycles. The van der Waals surface area contributed by atoms with Crippen LogP contribution in [0.5, 0.6) is 11.5 Å². The van der Waals surface area contributed by atoms with Crippen molar-refractivity contribution in [2.24, 2.45) is 0 Å². The zero-order chi connectivity index (χ0) is 18.2. The molecule has 5 nitrogen and oxygen atoms in total. The quantitative estimate of drug-likeness (QED) is 0.750. The van der Waals surface area contributed by atoms with Gasteiger partial charge in [0.25, 0.3) is 0 Å². The highest BCUT2D eigenvalue weighted by atomic mass is 16.5. The number of Topliss-reactive ketones (excluding diaryl/α,β-unsaturated/α-hetero) is 1. The van der Waals surface area contributed by atoms with E-state index in [9.17, 15) is 4.79 Å². The first-order valence-electron chi connectivity index (χ1n) is 9.66. The molecule has 0 amide bonds. The Hall–Kier alpha value is -2.66. The molecule has 27 heavy (non-hydrogen) atoms. The molecule has 1 aromatic heterocycles. The van der Waals surface area contributed by atoms with Crippen molar-refractivity contribution in [2.75, 3.05) is 6.73 Å². The van der Waals surface area contributed by atoms with Gasteiger partial charge in [-0.2, -0.15) is 0 Å². The van der Waals surface area contributed by atoms with Crippen LogP contribution in [0.1, 0.15) is 53.6 Å². The van der Waals surface area contributed by atoms with E-state index in [4.69, 9.17) is 9.47 Å².